The summed E-state index contributed by atoms with van der Waals surface area (Å²) in [5, 5.41) is 7.45. The molecular weight excluding hydrogens is 352 g/mol. The number of nitrogens with one attached hydrogen (secondary N) is 1. The van der Waals surface area contributed by atoms with Crippen LogP contribution in [-0.4, -0.2) is 43.4 Å². The van der Waals surface area contributed by atoms with Crippen molar-refractivity contribution >= 4 is 6.03 Å². The number of piperidine rings is 1. The molecule has 7 nitrogen and oxygen atoms in total. The Balaban J connectivity index is 1.30. The van der Waals surface area contributed by atoms with E-state index in [1.165, 1.54) is 5.56 Å². The van der Waals surface area contributed by atoms with E-state index in [4.69, 9.17) is 0 Å². The highest BCUT2D eigenvalue weighted by atomic mass is 16.2. The average Bonchev–Trinajstić information content (AvgIpc) is 3.38. The molecule has 1 atom stereocenters. The standard InChI is InChI=1S/C21H26N6O/c1-17-4-2-6-20(10-17)27-15-19(12-24-27)11-23-21(28)26-8-3-5-18(14-26)13-25-9-7-22-16-25/h2,4,6-7,9-10,12,15-16,18H,3,5,8,11,13-14H2,1H3,(H,23,28)/t18-/m0/s1. The van der Waals surface area contributed by atoms with Crippen LogP contribution in [0.5, 0.6) is 0 Å². The van der Waals surface area contributed by atoms with Crippen LogP contribution in [0.3, 0.4) is 0 Å². The van der Waals surface area contributed by atoms with E-state index < -0.39 is 0 Å². The molecule has 1 fully saturated rings. The van der Waals surface area contributed by atoms with Gasteiger partial charge in [0.1, 0.15) is 0 Å². The van der Waals surface area contributed by atoms with Gasteiger partial charge in [0.25, 0.3) is 0 Å². The van der Waals surface area contributed by atoms with E-state index in [1.54, 1.807) is 12.4 Å². The van der Waals surface area contributed by atoms with Gasteiger partial charge in [-0.25, -0.2) is 14.5 Å². The molecule has 1 aliphatic heterocycles. The van der Waals surface area contributed by atoms with Crippen molar-refractivity contribution in [2.45, 2.75) is 32.9 Å². The van der Waals surface area contributed by atoms with Crippen LogP contribution in [0.1, 0.15) is 24.0 Å². The lowest BCUT2D eigenvalue weighted by molar-refractivity contribution is 0.159. The summed E-state index contributed by atoms with van der Waals surface area (Å²) in [7, 11) is 0. The van der Waals surface area contributed by atoms with Gasteiger partial charge in [0.2, 0.25) is 0 Å². The summed E-state index contributed by atoms with van der Waals surface area (Å²) in [5.74, 6) is 0.470. The zero-order chi connectivity index (χ0) is 19.3. The minimum Gasteiger partial charge on any atom is -0.337 e. The van der Waals surface area contributed by atoms with Crippen LogP contribution < -0.4 is 5.32 Å². The number of amides is 2. The molecule has 0 bridgehead atoms. The highest BCUT2D eigenvalue weighted by Crippen LogP contribution is 2.18. The monoisotopic (exact) mass is 378 g/mol. The van der Waals surface area contributed by atoms with E-state index in [-0.39, 0.29) is 6.03 Å². The lowest BCUT2D eigenvalue weighted by atomic mass is 9.98. The smallest absolute Gasteiger partial charge is 0.317 e. The summed E-state index contributed by atoms with van der Waals surface area (Å²) in [6, 6.07) is 8.19. The largest absolute Gasteiger partial charge is 0.337 e. The molecule has 0 radical (unpaired) electrons. The van der Waals surface area contributed by atoms with Gasteiger partial charge in [0, 0.05) is 50.3 Å². The molecule has 3 heterocycles. The normalized spacial score (nSPS) is 16.9. The molecule has 28 heavy (non-hydrogen) atoms. The van der Waals surface area contributed by atoms with Gasteiger partial charge in [-0.05, 0) is 43.4 Å². The Kier molecular flexibility index (Phi) is 5.41. The highest BCUT2D eigenvalue weighted by molar-refractivity contribution is 5.74. The maximum absolute atomic E-state index is 12.6. The number of carbonyl (C=O) groups excluding carboxylic acids is 1. The number of benzene rings is 1. The zero-order valence-corrected chi connectivity index (χ0v) is 16.2. The van der Waals surface area contributed by atoms with Crippen molar-refractivity contribution in [3.63, 3.8) is 0 Å². The van der Waals surface area contributed by atoms with Crippen LogP contribution in [0.25, 0.3) is 5.69 Å². The summed E-state index contributed by atoms with van der Waals surface area (Å²) >= 11 is 0. The number of carbonyl (C=O) groups is 1. The molecule has 0 unspecified atom stereocenters. The van der Waals surface area contributed by atoms with Crippen molar-refractivity contribution in [2.24, 2.45) is 5.92 Å². The highest BCUT2D eigenvalue weighted by Gasteiger charge is 2.23. The third-order valence-corrected chi connectivity index (χ3v) is 5.18. The molecule has 1 aliphatic rings. The first kappa shape index (κ1) is 18.3. The zero-order valence-electron chi connectivity index (χ0n) is 16.2. The van der Waals surface area contributed by atoms with Gasteiger partial charge in [-0.3, -0.25) is 0 Å². The predicted octanol–water partition coefficient (Wildman–Crippen LogP) is 3.00. The minimum absolute atomic E-state index is 0.00126. The maximum atomic E-state index is 12.6. The second kappa shape index (κ2) is 8.29. The summed E-state index contributed by atoms with van der Waals surface area (Å²) in [6.45, 7) is 5.05. The number of hydrogen-bond donors (Lipinski definition) is 1. The molecule has 1 aromatic carbocycles. The van der Waals surface area contributed by atoms with E-state index in [9.17, 15) is 4.79 Å². The summed E-state index contributed by atoms with van der Waals surface area (Å²) < 4.78 is 3.93. The molecule has 3 aromatic rings. The first-order valence-corrected chi connectivity index (χ1v) is 9.76. The van der Waals surface area contributed by atoms with Gasteiger partial charge in [-0.2, -0.15) is 5.10 Å². The van der Waals surface area contributed by atoms with E-state index in [2.05, 4.69) is 39.0 Å². The lowest BCUT2D eigenvalue weighted by Crippen LogP contribution is -2.45. The molecule has 2 aromatic heterocycles. The summed E-state index contributed by atoms with van der Waals surface area (Å²) in [5.41, 5.74) is 3.20. The predicted molar refractivity (Wildman–Crippen MR) is 107 cm³/mol. The minimum atomic E-state index is -0.00126. The third kappa shape index (κ3) is 4.42. The van der Waals surface area contributed by atoms with Gasteiger partial charge in [0.05, 0.1) is 18.2 Å². The first-order valence-electron chi connectivity index (χ1n) is 9.76. The topological polar surface area (TPSA) is 68.0 Å². The molecule has 1 saturated heterocycles. The average molecular weight is 378 g/mol. The summed E-state index contributed by atoms with van der Waals surface area (Å²) in [6.07, 6.45) is 11.6. The number of imidazole rings is 1. The third-order valence-electron chi connectivity index (χ3n) is 5.18. The molecule has 1 N–H and O–H groups in total. The Hall–Kier alpha value is -3.09. The van der Waals surface area contributed by atoms with Crippen LogP contribution >= 0.6 is 0 Å². The number of rotatable bonds is 5. The van der Waals surface area contributed by atoms with Crippen LogP contribution in [0.4, 0.5) is 4.79 Å². The van der Waals surface area contributed by atoms with Gasteiger partial charge in [-0.1, -0.05) is 12.1 Å². The Labute approximate surface area is 165 Å². The molecule has 4 rings (SSSR count). The number of likely N-dealkylation sites (tertiary alicyclic amines) is 1. The fourth-order valence-electron chi connectivity index (χ4n) is 3.74. The van der Waals surface area contributed by atoms with Gasteiger partial charge in [0.15, 0.2) is 0 Å². The molecule has 7 heteroatoms. The van der Waals surface area contributed by atoms with E-state index in [0.29, 0.717) is 12.5 Å². The van der Waals surface area contributed by atoms with Crippen molar-refractivity contribution in [3.05, 3.63) is 66.5 Å². The lowest BCUT2D eigenvalue weighted by Gasteiger charge is -2.32. The fraction of sp³-hybridized carbons (Fsp3) is 0.381. The fourth-order valence-corrected chi connectivity index (χ4v) is 3.74. The number of urea groups is 1. The Bertz CT molecular complexity index is 917. The van der Waals surface area contributed by atoms with E-state index in [0.717, 1.165) is 43.7 Å². The van der Waals surface area contributed by atoms with Crippen LogP contribution in [-0.2, 0) is 13.1 Å². The Morgan fingerprint density at radius 3 is 3.11 bits per heavy atom. The van der Waals surface area contributed by atoms with Crippen molar-refractivity contribution in [2.75, 3.05) is 13.1 Å². The molecule has 0 spiro atoms. The SMILES string of the molecule is Cc1cccc(-n2cc(CNC(=O)N3CCC[C@@H](Cn4ccnc4)C3)cn2)c1. The number of nitrogens with zero attached hydrogens (tertiary/aromatic N) is 5. The van der Waals surface area contributed by atoms with Crippen molar-refractivity contribution in [1.82, 2.24) is 29.5 Å². The van der Waals surface area contributed by atoms with Crippen LogP contribution in [0, 0.1) is 12.8 Å². The second-order valence-corrected chi connectivity index (χ2v) is 7.50. The van der Waals surface area contributed by atoms with Gasteiger partial charge in [-0.15, -0.1) is 0 Å². The van der Waals surface area contributed by atoms with E-state index >= 15 is 0 Å². The number of hydrogen-bond acceptors (Lipinski definition) is 3. The first-order chi connectivity index (χ1) is 13.7. The number of aromatic nitrogens is 4. The van der Waals surface area contributed by atoms with Gasteiger partial charge >= 0.3 is 6.03 Å². The summed E-state index contributed by atoms with van der Waals surface area (Å²) in [4.78, 5) is 18.6. The quantitative estimate of drug-likeness (QED) is 0.742. The van der Waals surface area contributed by atoms with Crippen LogP contribution in [0.2, 0.25) is 0 Å². The second-order valence-electron chi connectivity index (χ2n) is 7.50. The molecule has 146 valence electrons. The Morgan fingerprint density at radius 1 is 1.36 bits per heavy atom. The Morgan fingerprint density at radius 2 is 2.29 bits per heavy atom. The van der Waals surface area contributed by atoms with Crippen molar-refractivity contribution < 1.29 is 4.79 Å². The number of aryl methyl sites for hydroxylation is 1. The molecular formula is C21H26N6O. The maximum Gasteiger partial charge on any atom is 0.317 e. The van der Waals surface area contributed by atoms with Crippen molar-refractivity contribution in [3.8, 4) is 5.69 Å². The van der Waals surface area contributed by atoms with Gasteiger partial charge < -0.3 is 14.8 Å². The molecule has 0 aliphatic carbocycles. The van der Waals surface area contributed by atoms with E-state index in [1.807, 2.05) is 40.4 Å². The molecule has 2 amide bonds. The van der Waals surface area contributed by atoms with Crippen LogP contribution in [0.15, 0.2) is 55.4 Å². The van der Waals surface area contributed by atoms with Crippen molar-refractivity contribution in [1.29, 1.82) is 0 Å². The molecule has 0 saturated carbocycles.